The Morgan fingerprint density at radius 1 is 1.77 bits per heavy atom. The molecule has 0 aliphatic heterocycles. The van der Waals surface area contributed by atoms with Gasteiger partial charge in [0, 0.05) is 11.3 Å². The summed E-state index contributed by atoms with van der Waals surface area (Å²) in [5.41, 5.74) is 5.34. The molecule has 0 aromatic carbocycles. The van der Waals surface area contributed by atoms with Crippen molar-refractivity contribution in [2.75, 3.05) is 0 Å². The van der Waals surface area contributed by atoms with Gasteiger partial charge in [-0.3, -0.25) is 0 Å². The molecule has 70 valence electrons. The van der Waals surface area contributed by atoms with Crippen LogP contribution in [0.2, 0.25) is 0 Å². The lowest BCUT2D eigenvalue weighted by Gasteiger charge is -2.11. The predicted octanol–water partition coefficient (Wildman–Crippen LogP) is 1.09. The van der Waals surface area contributed by atoms with E-state index in [0.29, 0.717) is 12.2 Å². The average molecular weight is 197 g/mol. The minimum Gasteiger partial charge on any atom is -0.430 e. The minimum absolute atomic E-state index is 0.427. The van der Waals surface area contributed by atoms with Crippen LogP contribution in [0.25, 0.3) is 0 Å². The number of nitrogens with two attached hydrogens (primary N) is 1. The van der Waals surface area contributed by atoms with E-state index in [2.05, 4.69) is 0 Å². The molecular weight excluding hydrogens is 186 g/mol. The molecule has 3 nitrogen and oxygen atoms in total. The third kappa shape index (κ3) is 3.08. The van der Waals surface area contributed by atoms with Gasteiger partial charge in [0.15, 0.2) is 0 Å². The Labute approximate surface area is 82.2 Å². The monoisotopic (exact) mass is 197 g/mol. The first kappa shape index (κ1) is 10.1. The van der Waals surface area contributed by atoms with Gasteiger partial charge in [0.2, 0.25) is 0 Å². The first-order chi connectivity index (χ1) is 6.09. The van der Waals surface area contributed by atoms with Crippen LogP contribution in [0.3, 0.4) is 0 Å². The number of allylic oxidation sites excluding steroid dienone is 4. The lowest BCUT2D eigenvalue weighted by Crippen LogP contribution is -2.28. The molecule has 0 fully saturated rings. The Hall–Kier alpha value is -1.00. The van der Waals surface area contributed by atoms with Crippen molar-refractivity contribution in [3.63, 3.8) is 0 Å². The molecule has 2 N–H and O–H groups in total. The highest BCUT2D eigenvalue weighted by Crippen LogP contribution is 2.12. The molecule has 0 aromatic heterocycles. The molecule has 4 heteroatoms. The van der Waals surface area contributed by atoms with Crippen molar-refractivity contribution in [3.8, 4) is 0 Å². The minimum atomic E-state index is -0.597. The van der Waals surface area contributed by atoms with Gasteiger partial charge in [0.25, 0.3) is 0 Å². The molecule has 0 saturated carbocycles. The van der Waals surface area contributed by atoms with Crippen molar-refractivity contribution in [1.29, 1.82) is 0 Å². The second-order valence-electron chi connectivity index (χ2n) is 2.84. The molecule has 13 heavy (non-hydrogen) atoms. The Bertz CT molecular complexity index is 292. The molecule has 1 atom stereocenters. The summed E-state index contributed by atoms with van der Waals surface area (Å²) in [6, 6.07) is -0.597. The van der Waals surface area contributed by atoms with Gasteiger partial charge in [0.05, 0.1) is 0 Å². The van der Waals surface area contributed by atoms with Gasteiger partial charge in [0.1, 0.15) is 11.8 Å². The van der Waals surface area contributed by atoms with E-state index in [0.717, 1.165) is 4.86 Å². The average Bonchev–Trinajstić information content (AvgIpc) is 2.04. The van der Waals surface area contributed by atoms with Gasteiger partial charge in [-0.25, -0.2) is 4.79 Å². The first-order valence-electron chi connectivity index (χ1n) is 3.97. The molecule has 1 aliphatic rings. The molecule has 0 heterocycles. The smallest absolute Gasteiger partial charge is 0.327 e. The van der Waals surface area contributed by atoms with Gasteiger partial charge in [-0.15, -0.1) is 0 Å². The van der Waals surface area contributed by atoms with Gasteiger partial charge < -0.3 is 10.5 Å². The maximum atomic E-state index is 11.1. The number of carbonyl (C=O) groups excluding carboxylic acids is 1. The normalized spacial score (nSPS) is 18.0. The Balaban J connectivity index is 2.55. The third-order valence-electron chi connectivity index (χ3n) is 1.52. The lowest BCUT2D eigenvalue weighted by atomic mass is 10.1. The summed E-state index contributed by atoms with van der Waals surface area (Å²) in [5, 5.41) is 0. The second-order valence-corrected chi connectivity index (χ2v) is 3.37. The summed E-state index contributed by atoms with van der Waals surface area (Å²) in [5.74, 6) is 0.138. The summed E-state index contributed by atoms with van der Waals surface area (Å²) in [7, 11) is 0. The van der Waals surface area contributed by atoms with E-state index in [1.165, 1.54) is 0 Å². The number of hydrogen-bond acceptors (Lipinski definition) is 4. The van der Waals surface area contributed by atoms with Gasteiger partial charge in [-0.2, -0.15) is 0 Å². The molecule has 0 amide bonds. The van der Waals surface area contributed by atoms with Crippen molar-refractivity contribution in [3.05, 3.63) is 24.0 Å². The first-order valence-corrected chi connectivity index (χ1v) is 4.38. The van der Waals surface area contributed by atoms with Crippen molar-refractivity contribution in [2.24, 2.45) is 5.73 Å². The van der Waals surface area contributed by atoms with Crippen molar-refractivity contribution < 1.29 is 9.53 Å². The van der Waals surface area contributed by atoms with E-state index in [1.54, 1.807) is 25.2 Å². The zero-order valence-corrected chi connectivity index (χ0v) is 8.14. The predicted molar refractivity (Wildman–Crippen MR) is 54.2 cm³/mol. The maximum absolute atomic E-state index is 11.1. The molecule has 0 spiro atoms. The van der Waals surface area contributed by atoms with E-state index >= 15 is 0 Å². The Morgan fingerprint density at radius 2 is 2.46 bits per heavy atom. The summed E-state index contributed by atoms with van der Waals surface area (Å²) in [6.07, 6.45) is 5.79. The summed E-state index contributed by atoms with van der Waals surface area (Å²) < 4.78 is 4.98. The van der Waals surface area contributed by atoms with Crippen molar-refractivity contribution in [1.82, 2.24) is 0 Å². The molecule has 0 unspecified atom stereocenters. The summed E-state index contributed by atoms with van der Waals surface area (Å²) in [4.78, 5) is 11.8. The number of carbonyl (C=O) groups is 1. The third-order valence-corrected chi connectivity index (χ3v) is 1.80. The molecule has 1 rings (SSSR count). The molecular formula is C9H11NO2S. The van der Waals surface area contributed by atoms with Gasteiger partial charge in [-0.05, 0) is 19.1 Å². The molecule has 0 bridgehead atoms. The van der Waals surface area contributed by atoms with Crippen molar-refractivity contribution in [2.45, 2.75) is 19.4 Å². The SMILES string of the molecule is C[C@H](N)C(=O)OC1=CC=CC(=S)C1. The summed E-state index contributed by atoms with van der Waals surface area (Å²) in [6.45, 7) is 1.58. The topological polar surface area (TPSA) is 52.3 Å². The van der Waals surface area contributed by atoms with Crippen LogP contribution in [-0.4, -0.2) is 16.9 Å². The fourth-order valence-corrected chi connectivity index (χ4v) is 1.07. The Kier molecular flexibility index (Phi) is 3.33. The molecule has 0 saturated heterocycles. The van der Waals surface area contributed by atoms with E-state index < -0.39 is 12.0 Å². The zero-order valence-electron chi connectivity index (χ0n) is 7.32. The summed E-state index contributed by atoms with van der Waals surface area (Å²) >= 11 is 4.95. The second kappa shape index (κ2) is 4.30. The fourth-order valence-electron chi connectivity index (χ4n) is 0.845. The van der Waals surface area contributed by atoms with Crippen molar-refractivity contribution >= 4 is 23.1 Å². The zero-order chi connectivity index (χ0) is 9.84. The number of hydrogen-bond donors (Lipinski definition) is 1. The van der Waals surface area contributed by atoms with Gasteiger partial charge in [-0.1, -0.05) is 18.3 Å². The van der Waals surface area contributed by atoms with E-state index in [1.807, 2.05) is 0 Å². The lowest BCUT2D eigenvalue weighted by molar-refractivity contribution is -0.140. The highest BCUT2D eigenvalue weighted by molar-refractivity contribution is 7.80. The van der Waals surface area contributed by atoms with E-state index in [9.17, 15) is 4.79 Å². The Morgan fingerprint density at radius 3 is 3.00 bits per heavy atom. The highest BCUT2D eigenvalue weighted by atomic mass is 32.1. The van der Waals surface area contributed by atoms with Crippen LogP contribution in [0, 0.1) is 0 Å². The highest BCUT2D eigenvalue weighted by Gasteiger charge is 2.13. The largest absolute Gasteiger partial charge is 0.430 e. The quantitative estimate of drug-likeness (QED) is 0.532. The van der Waals surface area contributed by atoms with E-state index in [4.69, 9.17) is 22.7 Å². The number of rotatable bonds is 2. The van der Waals surface area contributed by atoms with E-state index in [-0.39, 0.29) is 0 Å². The number of thiocarbonyl (C=S) groups is 1. The standard InChI is InChI=1S/C9H11NO2S/c1-6(10)9(11)12-7-3-2-4-8(13)5-7/h2-4,6H,5,10H2,1H3/t6-/m0/s1. The number of esters is 1. The van der Waals surface area contributed by atoms with Crippen LogP contribution in [0.15, 0.2) is 24.0 Å². The van der Waals surface area contributed by atoms with Crippen LogP contribution >= 0.6 is 12.2 Å². The maximum Gasteiger partial charge on any atom is 0.327 e. The van der Waals surface area contributed by atoms with Crippen LogP contribution in [0.5, 0.6) is 0 Å². The molecule has 0 aromatic rings. The van der Waals surface area contributed by atoms with Gasteiger partial charge >= 0.3 is 5.97 Å². The van der Waals surface area contributed by atoms with Crippen LogP contribution < -0.4 is 5.73 Å². The van der Waals surface area contributed by atoms with Crippen LogP contribution in [0.1, 0.15) is 13.3 Å². The van der Waals surface area contributed by atoms with Crippen LogP contribution in [0.4, 0.5) is 0 Å². The molecule has 1 aliphatic carbocycles. The van der Waals surface area contributed by atoms with Crippen LogP contribution in [-0.2, 0) is 9.53 Å². The fraction of sp³-hybridized carbons (Fsp3) is 0.333. The molecule has 0 radical (unpaired) electrons. The number of ether oxygens (including phenoxy) is 1.